The molecule has 0 spiro atoms. The Labute approximate surface area is 166 Å². The standard InChI is InChI=1S/C23H26N4O/c1-3-27(4-2)15-8-16-28-23-21(13-11-18-9-6-5-7-10-18)25-22-17-19(24)12-14-20(22)26-23/h5-7,9-10,12,14,17H,3-4,8,15-16,24H2,1-2H3. The van der Waals surface area contributed by atoms with E-state index in [4.69, 9.17) is 10.5 Å². The van der Waals surface area contributed by atoms with E-state index in [0.717, 1.165) is 37.1 Å². The second-order valence-electron chi connectivity index (χ2n) is 6.47. The van der Waals surface area contributed by atoms with E-state index in [1.165, 1.54) is 0 Å². The van der Waals surface area contributed by atoms with Crippen LogP contribution in [0.1, 0.15) is 31.5 Å². The van der Waals surface area contributed by atoms with E-state index in [2.05, 4.69) is 40.6 Å². The lowest BCUT2D eigenvalue weighted by Crippen LogP contribution is -2.25. The molecule has 0 saturated carbocycles. The van der Waals surface area contributed by atoms with Crippen molar-refractivity contribution in [3.8, 4) is 17.7 Å². The Kier molecular flexibility index (Phi) is 6.83. The first-order chi connectivity index (χ1) is 13.7. The molecule has 0 unspecified atom stereocenters. The van der Waals surface area contributed by atoms with Gasteiger partial charge < -0.3 is 15.4 Å². The summed E-state index contributed by atoms with van der Waals surface area (Å²) in [6.45, 7) is 7.99. The van der Waals surface area contributed by atoms with Gasteiger partial charge in [-0.25, -0.2) is 9.97 Å². The zero-order valence-corrected chi connectivity index (χ0v) is 16.5. The van der Waals surface area contributed by atoms with Gasteiger partial charge in [-0.1, -0.05) is 38.0 Å². The molecule has 3 aromatic rings. The number of aromatic nitrogens is 2. The van der Waals surface area contributed by atoms with Gasteiger partial charge in [-0.3, -0.25) is 0 Å². The minimum atomic E-state index is 0.472. The fourth-order valence-corrected chi connectivity index (χ4v) is 2.89. The maximum absolute atomic E-state index is 5.97. The molecule has 144 valence electrons. The Hall–Kier alpha value is -3.10. The van der Waals surface area contributed by atoms with E-state index < -0.39 is 0 Å². The number of nitrogen functional groups attached to an aromatic ring is 1. The highest BCUT2D eigenvalue weighted by atomic mass is 16.5. The van der Waals surface area contributed by atoms with Gasteiger partial charge in [-0.2, -0.15) is 0 Å². The van der Waals surface area contributed by atoms with Crippen LogP contribution in [0, 0.1) is 11.8 Å². The van der Waals surface area contributed by atoms with E-state index in [9.17, 15) is 0 Å². The van der Waals surface area contributed by atoms with Crippen molar-refractivity contribution in [2.45, 2.75) is 20.3 Å². The predicted octanol–water partition coefficient (Wildman–Crippen LogP) is 3.72. The minimum absolute atomic E-state index is 0.472. The van der Waals surface area contributed by atoms with Crippen molar-refractivity contribution in [3.05, 3.63) is 59.8 Å². The first-order valence-electron chi connectivity index (χ1n) is 9.69. The van der Waals surface area contributed by atoms with Crippen LogP contribution in [0.3, 0.4) is 0 Å². The molecule has 0 bridgehead atoms. The molecule has 0 fully saturated rings. The lowest BCUT2D eigenvalue weighted by Gasteiger charge is -2.17. The number of hydrogen-bond acceptors (Lipinski definition) is 5. The van der Waals surface area contributed by atoms with Gasteiger partial charge in [0, 0.05) is 17.8 Å². The average Bonchev–Trinajstić information content (AvgIpc) is 2.73. The molecule has 0 amide bonds. The van der Waals surface area contributed by atoms with E-state index >= 15 is 0 Å². The van der Waals surface area contributed by atoms with Crippen molar-refractivity contribution in [1.82, 2.24) is 14.9 Å². The Balaban J connectivity index is 1.84. The molecule has 0 atom stereocenters. The Morgan fingerprint density at radius 1 is 0.964 bits per heavy atom. The molecule has 1 heterocycles. The number of benzene rings is 2. The van der Waals surface area contributed by atoms with E-state index in [-0.39, 0.29) is 0 Å². The van der Waals surface area contributed by atoms with Gasteiger partial charge in [0.05, 0.1) is 17.6 Å². The van der Waals surface area contributed by atoms with E-state index in [1.807, 2.05) is 42.5 Å². The number of fused-ring (bicyclic) bond motifs is 1. The molecule has 28 heavy (non-hydrogen) atoms. The molecule has 2 aromatic carbocycles. The van der Waals surface area contributed by atoms with Crippen molar-refractivity contribution in [3.63, 3.8) is 0 Å². The second kappa shape index (κ2) is 9.72. The zero-order chi connectivity index (χ0) is 19.8. The fraction of sp³-hybridized carbons (Fsp3) is 0.304. The quantitative estimate of drug-likeness (QED) is 0.388. The van der Waals surface area contributed by atoms with Crippen LogP contribution in [0.15, 0.2) is 48.5 Å². The zero-order valence-electron chi connectivity index (χ0n) is 16.5. The van der Waals surface area contributed by atoms with Crippen molar-refractivity contribution in [2.24, 2.45) is 0 Å². The number of nitrogens with two attached hydrogens (primary N) is 1. The SMILES string of the molecule is CCN(CC)CCCOc1nc2ccc(N)cc2nc1C#Cc1ccccc1. The summed E-state index contributed by atoms with van der Waals surface area (Å²) < 4.78 is 5.97. The minimum Gasteiger partial charge on any atom is -0.476 e. The van der Waals surface area contributed by atoms with Crippen molar-refractivity contribution in [2.75, 3.05) is 32.0 Å². The van der Waals surface area contributed by atoms with Gasteiger partial charge in [-0.05, 0) is 55.8 Å². The van der Waals surface area contributed by atoms with Crippen LogP contribution >= 0.6 is 0 Å². The predicted molar refractivity (Wildman–Crippen MR) is 114 cm³/mol. The molecule has 5 heteroatoms. The monoisotopic (exact) mass is 374 g/mol. The average molecular weight is 374 g/mol. The lowest BCUT2D eigenvalue weighted by molar-refractivity contribution is 0.244. The van der Waals surface area contributed by atoms with Gasteiger partial charge >= 0.3 is 0 Å². The third-order valence-corrected chi connectivity index (χ3v) is 4.51. The first kappa shape index (κ1) is 19.7. The van der Waals surface area contributed by atoms with Crippen LogP contribution in [-0.4, -0.2) is 41.1 Å². The second-order valence-corrected chi connectivity index (χ2v) is 6.47. The largest absolute Gasteiger partial charge is 0.476 e. The summed E-state index contributed by atoms with van der Waals surface area (Å²) in [7, 11) is 0. The molecule has 0 aliphatic heterocycles. The maximum Gasteiger partial charge on any atom is 0.249 e. The molecule has 0 radical (unpaired) electrons. The summed E-state index contributed by atoms with van der Waals surface area (Å²) in [6, 6.07) is 15.3. The fourth-order valence-electron chi connectivity index (χ4n) is 2.89. The Morgan fingerprint density at radius 2 is 1.75 bits per heavy atom. The summed E-state index contributed by atoms with van der Waals surface area (Å²) in [4.78, 5) is 11.6. The summed E-state index contributed by atoms with van der Waals surface area (Å²) in [6.07, 6.45) is 0.925. The van der Waals surface area contributed by atoms with Crippen LogP contribution in [0.25, 0.3) is 11.0 Å². The third-order valence-electron chi connectivity index (χ3n) is 4.51. The molecular formula is C23H26N4O. The Bertz CT molecular complexity index is 972. The molecule has 0 aliphatic rings. The maximum atomic E-state index is 5.97. The molecule has 2 N–H and O–H groups in total. The summed E-state index contributed by atoms with van der Waals surface area (Å²) in [5, 5.41) is 0. The number of anilines is 1. The third kappa shape index (κ3) is 5.21. The Morgan fingerprint density at radius 3 is 2.50 bits per heavy atom. The summed E-state index contributed by atoms with van der Waals surface area (Å²) >= 11 is 0. The van der Waals surface area contributed by atoms with Gasteiger partial charge in [0.1, 0.15) is 0 Å². The first-order valence-corrected chi connectivity index (χ1v) is 9.69. The number of nitrogens with zero attached hydrogens (tertiary/aromatic N) is 3. The highest BCUT2D eigenvalue weighted by Crippen LogP contribution is 2.20. The van der Waals surface area contributed by atoms with Gasteiger partial charge in [-0.15, -0.1) is 0 Å². The van der Waals surface area contributed by atoms with Crippen molar-refractivity contribution >= 4 is 16.7 Å². The topological polar surface area (TPSA) is 64.3 Å². The van der Waals surface area contributed by atoms with Gasteiger partial charge in [0.2, 0.25) is 5.88 Å². The summed E-state index contributed by atoms with van der Waals surface area (Å²) in [5.74, 6) is 6.72. The van der Waals surface area contributed by atoms with Crippen LogP contribution in [-0.2, 0) is 0 Å². The van der Waals surface area contributed by atoms with E-state index in [1.54, 1.807) is 6.07 Å². The normalized spacial score (nSPS) is 10.7. The van der Waals surface area contributed by atoms with Crippen LogP contribution < -0.4 is 10.5 Å². The number of ether oxygens (including phenoxy) is 1. The molecule has 0 saturated heterocycles. The van der Waals surface area contributed by atoms with Gasteiger partial charge in [0.15, 0.2) is 5.69 Å². The molecule has 5 nitrogen and oxygen atoms in total. The van der Waals surface area contributed by atoms with Gasteiger partial charge in [0.25, 0.3) is 0 Å². The summed E-state index contributed by atoms with van der Waals surface area (Å²) in [5.41, 5.74) is 9.46. The number of rotatable bonds is 7. The molecular weight excluding hydrogens is 348 g/mol. The number of hydrogen-bond donors (Lipinski definition) is 1. The highest BCUT2D eigenvalue weighted by Gasteiger charge is 2.09. The van der Waals surface area contributed by atoms with Crippen molar-refractivity contribution in [1.29, 1.82) is 0 Å². The highest BCUT2D eigenvalue weighted by molar-refractivity contribution is 5.79. The van der Waals surface area contributed by atoms with Crippen LogP contribution in [0.5, 0.6) is 5.88 Å². The smallest absolute Gasteiger partial charge is 0.249 e. The molecule has 0 aliphatic carbocycles. The van der Waals surface area contributed by atoms with E-state index in [0.29, 0.717) is 29.4 Å². The molecule has 3 rings (SSSR count). The van der Waals surface area contributed by atoms with Crippen molar-refractivity contribution < 1.29 is 4.74 Å². The van der Waals surface area contributed by atoms with Crippen LogP contribution in [0.4, 0.5) is 5.69 Å². The lowest BCUT2D eigenvalue weighted by atomic mass is 10.2. The molecule has 1 aromatic heterocycles. The van der Waals surface area contributed by atoms with Crippen LogP contribution in [0.2, 0.25) is 0 Å².